The normalized spacial score (nSPS) is 11.7. The minimum atomic E-state index is -0.0320. The van der Waals surface area contributed by atoms with Crippen molar-refractivity contribution in [2.45, 2.75) is 19.8 Å². The summed E-state index contributed by atoms with van der Waals surface area (Å²) < 4.78 is 0. The van der Waals surface area contributed by atoms with Crippen molar-refractivity contribution < 1.29 is 10.3 Å². The summed E-state index contributed by atoms with van der Waals surface area (Å²) in [6.07, 6.45) is 1.44. The first-order valence-corrected chi connectivity index (χ1v) is 4.77. The van der Waals surface area contributed by atoms with Crippen LogP contribution in [0.5, 0.6) is 5.75 Å². The van der Waals surface area contributed by atoms with Crippen molar-refractivity contribution in [3.8, 4) is 5.75 Å². The van der Waals surface area contributed by atoms with Crippen molar-refractivity contribution in [1.29, 1.82) is 0 Å². The van der Waals surface area contributed by atoms with Crippen LogP contribution < -0.4 is 0 Å². The fraction of sp³-hybridized carbons (Fsp3) is 0.300. The Morgan fingerprint density at radius 2 is 2.21 bits per heavy atom. The van der Waals surface area contributed by atoms with Crippen molar-refractivity contribution in [2.75, 3.05) is 0 Å². The molecule has 0 radical (unpaired) electrons. The van der Waals surface area contributed by atoms with E-state index in [0.717, 1.165) is 6.42 Å². The lowest BCUT2D eigenvalue weighted by Gasteiger charge is -2.06. The monoisotopic (exact) mass is 213 g/mol. The Morgan fingerprint density at radius 3 is 2.79 bits per heavy atom. The average Bonchev–Trinajstić information content (AvgIpc) is 2.19. The maximum absolute atomic E-state index is 9.60. The summed E-state index contributed by atoms with van der Waals surface area (Å²) in [7, 11) is 0. The Labute approximate surface area is 87.6 Å². The Morgan fingerprint density at radius 1 is 1.50 bits per heavy atom. The molecule has 0 aliphatic heterocycles. The smallest absolute Gasteiger partial charge is 0.143 e. The molecule has 0 saturated heterocycles. The highest BCUT2D eigenvalue weighted by atomic mass is 35.5. The average molecular weight is 214 g/mol. The Balaban J connectivity index is 3.11. The maximum Gasteiger partial charge on any atom is 0.143 e. The van der Waals surface area contributed by atoms with E-state index in [2.05, 4.69) is 5.16 Å². The Bertz CT molecular complexity index is 350. The summed E-state index contributed by atoms with van der Waals surface area (Å²) in [6.45, 7) is 1.97. The highest BCUT2D eigenvalue weighted by molar-refractivity contribution is 6.32. The minimum Gasteiger partial charge on any atom is -0.506 e. The molecule has 0 spiro atoms. The molecule has 4 heteroatoms. The number of nitrogens with zero attached hydrogens (tertiary/aromatic N) is 1. The third-order valence-corrected chi connectivity index (χ3v) is 2.21. The molecule has 0 bridgehead atoms. The molecule has 1 aromatic carbocycles. The van der Waals surface area contributed by atoms with Gasteiger partial charge in [-0.1, -0.05) is 36.2 Å². The molecule has 1 aromatic rings. The van der Waals surface area contributed by atoms with E-state index in [9.17, 15) is 5.11 Å². The van der Waals surface area contributed by atoms with Crippen LogP contribution in [0.4, 0.5) is 0 Å². The van der Waals surface area contributed by atoms with E-state index in [1.165, 1.54) is 0 Å². The quantitative estimate of drug-likeness (QED) is 0.461. The van der Waals surface area contributed by atoms with E-state index in [1.807, 2.05) is 6.92 Å². The van der Waals surface area contributed by atoms with Gasteiger partial charge in [-0.15, -0.1) is 0 Å². The van der Waals surface area contributed by atoms with E-state index in [4.69, 9.17) is 16.8 Å². The fourth-order valence-electron chi connectivity index (χ4n) is 1.22. The predicted molar refractivity (Wildman–Crippen MR) is 56.3 cm³/mol. The zero-order valence-electron chi connectivity index (χ0n) is 7.87. The van der Waals surface area contributed by atoms with Gasteiger partial charge >= 0.3 is 0 Å². The molecule has 14 heavy (non-hydrogen) atoms. The van der Waals surface area contributed by atoms with Gasteiger partial charge < -0.3 is 10.3 Å². The van der Waals surface area contributed by atoms with Crippen LogP contribution in [0, 0.1) is 0 Å². The van der Waals surface area contributed by atoms with Crippen molar-refractivity contribution in [3.05, 3.63) is 28.8 Å². The SMILES string of the molecule is CCCC(=NO)c1cccc(Cl)c1O. The molecule has 0 unspecified atom stereocenters. The topological polar surface area (TPSA) is 52.8 Å². The zero-order valence-corrected chi connectivity index (χ0v) is 8.62. The van der Waals surface area contributed by atoms with Crippen molar-refractivity contribution in [1.82, 2.24) is 0 Å². The van der Waals surface area contributed by atoms with E-state index >= 15 is 0 Å². The summed E-state index contributed by atoms with van der Waals surface area (Å²) in [4.78, 5) is 0. The third-order valence-electron chi connectivity index (χ3n) is 1.91. The first-order valence-electron chi connectivity index (χ1n) is 4.39. The highest BCUT2D eigenvalue weighted by Gasteiger charge is 2.10. The molecule has 76 valence electrons. The van der Waals surface area contributed by atoms with Gasteiger partial charge in [0, 0.05) is 5.56 Å². The Kier molecular flexibility index (Phi) is 3.77. The number of phenolic OH excluding ortho intramolecular Hbond substituents is 1. The van der Waals surface area contributed by atoms with E-state index in [0.29, 0.717) is 17.7 Å². The number of phenols is 1. The van der Waals surface area contributed by atoms with Gasteiger partial charge in [-0.3, -0.25) is 0 Å². The maximum atomic E-state index is 9.60. The molecule has 0 amide bonds. The largest absolute Gasteiger partial charge is 0.506 e. The van der Waals surface area contributed by atoms with Crippen LogP contribution in [0.1, 0.15) is 25.3 Å². The number of hydrogen-bond acceptors (Lipinski definition) is 3. The molecular weight excluding hydrogens is 202 g/mol. The molecule has 2 N–H and O–H groups in total. The van der Waals surface area contributed by atoms with Crippen LogP contribution in [0.3, 0.4) is 0 Å². The number of para-hydroxylation sites is 1. The number of halogens is 1. The molecule has 0 aromatic heterocycles. The summed E-state index contributed by atoms with van der Waals surface area (Å²) in [5.74, 6) is -0.0320. The number of rotatable bonds is 3. The van der Waals surface area contributed by atoms with Crippen molar-refractivity contribution in [2.24, 2.45) is 5.16 Å². The molecule has 0 aliphatic rings. The lowest BCUT2D eigenvalue weighted by molar-refractivity contribution is 0.317. The lowest BCUT2D eigenvalue weighted by atomic mass is 10.1. The Hall–Kier alpha value is -1.22. The van der Waals surface area contributed by atoms with Crippen LogP contribution in [-0.2, 0) is 0 Å². The second-order valence-electron chi connectivity index (χ2n) is 2.93. The van der Waals surface area contributed by atoms with Crippen LogP contribution in [0.25, 0.3) is 0 Å². The van der Waals surface area contributed by atoms with Crippen LogP contribution in [-0.4, -0.2) is 16.0 Å². The van der Waals surface area contributed by atoms with Crippen LogP contribution >= 0.6 is 11.6 Å². The number of oxime groups is 1. The fourth-order valence-corrected chi connectivity index (χ4v) is 1.40. The van der Waals surface area contributed by atoms with Gasteiger partial charge in [-0.05, 0) is 18.6 Å². The number of hydrogen-bond donors (Lipinski definition) is 2. The summed E-state index contributed by atoms with van der Waals surface area (Å²) in [6, 6.07) is 4.96. The summed E-state index contributed by atoms with van der Waals surface area (Å²) >= 11 is 5.73. The minimum absolute atomic E-state index is 0.0320. The lowest BCUT2D eigenvalue weighted by Crippen LogP contribution is -2.00. The second-order valence-corrected chi connectivity index (χ2v) is 3.34. The van der Waals surface area contributed by atoms with Crippen LogP contribution in [0.15, 0.2) is 23.4 Å². The molecule has 0 atom stereocenters. The second kappa shape index (κ2) is 4.86. The van der Waals surface area contributed by atoms with Crippen molar-refractivity contribution in [3.63, 3.8) is 0 Å². The van der Waals surface area contributed by atoms with Gasteiger partial charge in [-0.2, -0.15) is 0 Å². The molecule has 0 heterocycles. The molecular formula is C10H12ClNO2. The zero-order chi connectivity index (χ0) is 10.6. The van der Waals surface area contributed by atoms with E-state index in [1.54, 1.807) is 18.2 Å². The standard InChI is InChI=1S/C10H12ClNO2/c1-2-4-9(12-14)7-5-3-6-8(11)10(7)13/h3,5-6,13-14H,2,4H2,1H3. The molecule has 0 fully saturated rings. The van der Waals surface area contributed by atoms with Gasteiger partial charge in [0.2, 0.25) is 0 Å². The number of benzene rings is 1. The first-order chi connectivity index (χ1) is 6.70. The van der Waals surface area contributed by atoms with Gasteiger partial charge in [0.15, 0.2) is 0 Å². The van der Waals surface area contributed by atoms with Gasteiger partial charge in [0.25, 0.3) is 0 Å². The van der Waals surface area contributed by atoms with Crippen molar-refractivity contribution >= 4 is 17.3 Å². The van der Waals surface area contributed by atoms with Crippen LogP contribution in [0.2, 0.25) is 5.02 Å². The summed E-state index contributed by atoms with van der Waals surface area (Å²) in [5, 5.41) is 21.8. The summed E-state index contributed by atoms with van der Waals surface area (Å²) in [5.41, 5.74) is 0.939. The highest BCUT2D eigenvalue weighted by Crippen LogP contribution is 2.28. The van der Waals surface area contributed by atoms with Gasteiger partial charge in [0.05, 0.1) is 10.7 Å². The third kappa shape index (κ3) is 2.17. The first kappa shape index (κ1) is 10.9. The van der Waals surface area contributed by atoms with E-state index in [-0.39, 0.29) is 10.8 Å². The predicted octanol–water partition coefficient (Wildman–Crippen LogP) is 3.02. The molecule has 0 aliphatic carbocycles. The number of aromatic hydroxyl groups is 1. The van der Waals surface area contributed by atoms with E-state index < -0.39 is 0 Å². The van der Waals surface area contributed by atoms with Gasteiger partial charge in [-0.25, -0.2) is 0 Å². The molecule has 1 rings (SSSR count). The molecule has 3 nitrogen and oxygen atoms in total. The van der Waals surface area contributed by atoms with Gasteiger partial charge in [0.1, 0.15) is 5.75 Å². The molecule has 0 saturated carbocycles.